The maximum atomic E-state index is 12.2. The number of hydrogen-bond acceptors (Lipinski definition) is 6. The van der Waals surface area contributed by atoms with Crippen molar-refractivity contribution in [2.24, 2.45) is 0 Å². The molecule has 0 amide bonds. The molecule has 21 heavy (non-hydrogen) atoms. The zero-order chi connectivity index (χ0) is 15.3. The van der Waals surface area contributed by atoms with Crippen LogP contribution in [-0.2, 0) is 16.6 Å². The van der Waals surface area contributed by atoms with Gasteiger partial charge in [-0.05, 0) is 25.5 Å². The monoisotopic (exact) mass is 326 g/mol. The van der Waals surface area contributed by atoms with Crippen molar-refractivity contribution in [2.75, 3.05) is 11.9 Å². The van der Waals surface area contributed by atoms with Crippen LogP contribution in [0.3, 0.4) is 0 Å². The zero-order valence-corrected chi connectivity index (χ0v) is 13.6. The van der Waals surface area contributed by atoms with E-state index in [1.165, 1.54) is 17.5 Å². The first kappa shape index (κ1) is 15.9. The summed E-state index contributed by atoms with van der Waals surface area (Å²) in [6.07, 6.45) is 4.02. The van der Waals surface area contributed by atoms with Gasteiger partial charge in [0.05, 0.1) is 5.01 Å². The highest BCUT2D eigenvalue weighted by molar-refractivity contribution is 7.89. The number of nitrogens with zero attached hydrogens (tertiary/aromatic N) is 2. The molecule has 0 aromatic carbocycles. The van der Waals surface area contributed by atoms with Crippen molar-refractivity contribution < 1.29 is 8.42 Å². The van der Waals surface area contributed by atoms with Crippen LogP contribution in [0.5, 0.6) is 0 Å². The first-order chi connectivity index (χ1) is 10.0. The average molecular weight is 326 g/mol. The Balaban J connectivity index is 2.01. The van der Waals surface area contributed by atoms with Crippen molar-refractivity contribution in [3.63, 3.8) is 0 Å². The molecule has 0 bridgehead atoms. The SMILES string of the molecule is CCCNc1ccc(S(=O)(=O)NCc2cnc(C)s2)cn1. The van der Waals surface area contributed by atoms with E-state index >= 15 is 0 Å². The Morgan fingerprint density at radius 2 is 2.05 bits per heavy atom. The van der Waals surface area contributed by atoms with E-state index in [0.717, 1.165) is 22.9 Å². The molecule has 114 valence electrons. The molecule has 0 spiro atoms. The van der Waals surface area contributed by atoms with Crippen LogP contribution in [0.15, 0.2) is 29.4 Å². The number of anilines is 1. The van der Waals surface area contributed by atoms with Crippen LogP contribution in [0, 0.1) is 6.92 Å². The van der Waals surface area contributed by atoms with Crippen LogP contribution >= 0.6 is 11.3 Å². The van der Waals surface area contributed by atoms with Crippen LogP contribution in [0.4, 0.5) is 5.82 Å². The first-order valence-corrected chi connectivity index (χ1v) is 8.92. The molecular formula is C13H18N4O2S2. The fraction of sp³-hybridized carbons (Fsp3) is 0.385. The molecule has 0 aliphatic carbocycles. The summed E-state index contributed by atoms with van der Waals surface area (Å²) in [7, 11) is -3.55. The molecule has 2 rings (SSSR count). The highest BCUT2D eigenvalue weighted by atomic mass is 32.2. The van der Waals surface area contributed by atoms with E-state index in [1.807, 2.05) is 6.92 Å². The van der Waals surface area contributed by atoms with Crippen LogP contribution in [0.25, 0.3) is 0 Å². The van der Waals surface area contributed by atoms with Gasteiger partial charge in [0.25, 0.3) is 0 Å². The van der Waals surface area contributed by atoms with E-state index < -0.39 is 10.0 Å². The van der Waals surface area contributed by atoms with Gasteiger partial charge in [0.15, 0.2) is 0 Å². The highest BCUT2D eigenvalue weighted by Crippen LogP contribution is 2.14. The number of hydrogen-bond donors (Lipinski definition) is 2. The largest absolute Gasteiger partial charge is 0.370 e. The lowest BCUT2D eigenvalue weighted by Gasteiger charge is -2.07. The number of pyridine rings is 1. The molecular weight excluding hydrogens is 308 g/mol. The molecule has 2 aromatic rings. The van der Waals surface area contributed by atoms with Crippen molar-refractivity contribution in [2.45, 2.75) is 31.7 Å². The standard InChI is InChI=1S/C13H18N4O2S2/c1-3-6-14-13-5-4-12(9-16-13)21(18,19)17-8-11-7-15-10(2)20-11/h4-5,7,9,17H,3,6,8H2,1-2H3,(H,14,16). The average Bonchev–Trinajstić information content (AvgIpc) is 2.89. The minimum Gasteiger partial charge on any atom is -0.370 e. The number of sulfonamides is 1. The minimum absolute atomic E-state index is 0.158. The molecule has 6 nitrogen and oxygen atoms in total. The summed E-state index contributed by atoms with van der Waals surface area (Å²) in [5.41, 5.74) is 0. The van der Waals surface area contributed by atoms with Crippen molar-refractivity contribution in [1.29, 1.82) is 0 Å². The third kappa shape index (κ3) is 4.48. The van der Waals surface area contributed by atoms with Gasteiger partial charge in [-0.3, -0.25) is 0 Å². The molecule has 0 aliphatic heterocycles. The number of rotatable bonds is 7. The molecule has 8 heteroatoms. The molecule has 0 unspecified atom stereocenters. The van der Waals surface area contributed by atoms with Gasteiger partial charge in [-0.15, -0.1) is 11.3 Å². The summed E-state index contributed by atoms with van der Waals surface area (Å²) in [5.74, 6) is 0.675. The van der Waals surface area contributed by atoms with Crippen LogP contribution in [0.1, 0.15) is 23.2 Å². The normalized spacial score (nSPS) is 11.5. The summed E-state index contributed by atoms with van der Waals surface area (Å²) in [4.78, 5) is 9.23. The third-order valence-corrected chi connectivity index (χ3v) is 5.01. The second kappa shape index (κ2) is 6.97. The van der Waals surface area contributed by atoms with E-state index in [2.05, 4.69) is 26.9 Å². The maximum absolute atomic E-state index is 12.2. The molecule has 2 aromatic heterocycles. The second-order valence-corrected chi connectivity index (χ2v) is 7.56. The number of aryl methyl sites for hydroxylation is 1. The van der Waals surface area contributed by atoms with E-state index in [-0.39, 0.29) is 11.4 Å². The van der Waals surface area contributed by atoms with Gasteiger partial charge in [-0.1, -0.05) is 6.92 Å². The topological polar surface area (TPSA) is 84.0 Å². The molecule has 0 saturated carbocycles. The Kier molecular flexibility index (Phi) is 5.27. The quantitative estimate of drug-likeness (QED) is 0.814. The second-order valence-electron chi connectivity index (χ2n) is 4.48. The molecule has 2 heterocycles. The smallest absolute Gasteiger partial charge is 0.242 e. The van der Waals surface area contributed by atoms with E-state index in [1.54, 1.807) is 18.3 Å². The van der Waals surface area contributed by atoms with Gasteiger partial charge in [0.1, 0.15) is 10.7 Å². The van der Waals surface area contributed by atoms with Crippen molar-refractivity contribution >= 4 is 27.2 Å². The first-order valence-electron chi connectivity index (χ1n) is 6.62. The van der Waals surface area contributed by atoms with Crippen molar-refractivity contribution in [1.82, 2.24) is 14.7 Å². The lowest BCUT2D eigenvalue weighted by atomic mass is 10.4. The van der Waals surface area contributed by atoms with Crippen LogP contribution < -0.4 is 10.0 Å². The Bertz CT molecular complexity index is 680. The summed E-state index contributed by atoms with van der Waals surface area (Å²) < 4.78 is 26.9. The highest BCUT2D eigenvalue weighted by Gasteiger charge is 2.14. The van der Waals surface area contributed by atoms with Gasteiger partial charge in [0.2, 0.25) is 10.0 Å². The Labute approximate surface area is 128 Å². The lowest BCUT2D eigenvalue weighted by Crippen LogP contribution is -2.23. The van der Waals surface area contributed by atoms with Gasteiger partial charge < -0.3 is 5.32 Å². The Hall–Kier alpha value is -1.51. The Morgan fingerprint density at radius 3 is 2.62 bits per heavy atom. The fourth-order valence-corrected chi connectivity index (χ4v) is 3.41. The Morgan fingerprint density at radius 1 is 1.24 bits per heavy atom. The van der Waals surface area contributed by atoms with Crippen LogP contribution in [-0.4, -0.2) is 24.9 Å². The maximum Gasteiger partial charge on any atom is 0.242 e. The van der Waals surface area contributed by atoms with Crippen molar-refractivity contribution in [3.05, 3.63) is 34.4 Å². The van der Waals surface area contributed by atoms with Gasteiger partial charge in [0, 0.05) is 30.4 Å². The van der Waals surface area contributed by atoms with Crippen LogP contribution in [0.2, 0.25) is 0 Å². The number of thiazole rings is 1. The number of aromatic nitrogens is 2. The molecule has 0 saturated heterocycles. The summed E-state index contributed by atoms with van der Waals surface area (Å²) in [6, 6.07) is 3.21. The van der Waals surface area contributed by atoms with E-state index in [0.29, 0.717) is 5.82 Å². The third-order valence-electron chi connectivity index (χ3n) is 2.71. The van der Waals surface area contributed by atoms with E-state index in [4.69, 9.17) is 0 Å². The summed E-state index contributed by atoms with van der Waals surface area (Å²) >= 11 is 1.47. The van der Waals surface area contributed by atoms with Gasteiger partial charge in [-0.25, -0.2) is 23.1 Å². The number of nitrogens with one attached hydrogen (secondary N) is 2. The fourth-order valence-electron chi connectivity index (χ4n) is 1.63. The molecule has 0 radical (unpaired) electrons. The molecule has 0 aliphatic rings. The minimum atomic E-state index is -3.55. The predicted octanol–water partition coefficient (Wildman–Crippen LogP) is 2.15. The summed E-state index contributed by atoms with van der Waals surface area (Å²) in [6.45, 7) is 4.98. The molecule has 2 N–H and O–H groups in total. The predicted molar refractivity (Wildman–Crippen MR) is 83.9 cm³/mol. The van der Waals surface area contributed by atoms with Gasteiger partial charge >= 0.3 is 0 Å². The molecule has 0 atom stereocenters. The lowest BCUT2D eigenvalue weighted by molar-refractivity contribution is 0.581. The van der Waals surface area contributed by atoms with E-state index in [9.17, 15) is 8.42 Å². The molecule has 0 fully saturated rings. The summed E-state index contributed by atoms with van der Waals surface area (Å²) in [5, 5.41) is 4.01. The zero-order valence-electron chi connectivity index (χ0n) is 12.0. The van der Waals surface area contributed by atoms with Gasteiger partial charge in [-0.2, -0.15) is 0 Å². The van der Waals surface area contributed by atoms with Crippen molar-refractivity contribution in [3.8, 4) is 0 Å².